The van der Waals surface area contributed by atoms with Crippen molar-refractivity contribution in [3.63, 3.8) is 0 Å². The molecule has 31 heavy (non-hydrogen) atoms. The molecule has 2 fully saturated rings. The molecule has 1 saturated carbocycles. The van der Waals surface area contributed by atoms with Crippen LogP contribution in [0.5, 0.6) is 0 Å². The van der Waals surface area contributed by atoms with Gasteiger partial charge in [-0.2, -0.15) is 0 Å². The fourth-order valence-electron chi connectivity index (χ4n) is 5.12. The number of Topliss-reactive ketones (excluding diaryl/α,β-unsaturated/α-hetero) is 1. The van der Waals surface area contributed by atoms with Gasteiger partial charge in [0.1, 0.15) is 5.82 Å². The number of nitrogens with zero attached hydrogens (tertiary/aromatic N) is 3. The quantitative estimate of drug-likeness (QED) is 0.659. The molecule has 0 bridgehead atoms. The van der Waals surface area contributed by atoms with Crippen molar-refractivity contribution in [2.75, 3.05) is 32.7 Å². The normalized spacial score (nSPS) is 18.0. The molecule has 1 saturated heterocycles. The van der Waals surface area contributed by atoms with Gasteiger partial charge in [-0.3, -0.25) is 14.5 Å². The highest BCUT2D eigenvalue weighted by atomic mass is 19.1. The Kier molecular flexibility index (Phi) is 6.56. The Hall–Kier alpha value is -2.47. The second kappa shape index (κ2) is 9.35. The van der Waals surface area contributed by atoms with Crippen LogP contribution in [0.3, 0.4) is 0 Å². The predicted octanol–water partition coefficient (Wildman–Crippen LogP) is 3.93. The zero-order valence-electron chi connectivity index (χ0n) is 18.6. The number of hydrogen-bond donors (Lipinski definition) is 0. The number of halogens is 1. The smallest absolute Gasteiger partial charge is 0.227 e. The van der Waals surface area contributed by atoms with E-state index in [0.29, 0.717) is 38.8 Å². The van der Waals surface area contributed by atoms with E-state index in [2.05, 4.69) is 29.4 Å². The first-order valence-electron chi connectivity index (χ1n) is 11.4. The molecule has 2 aromatic rings. The van der Waals surface area contributed by atoms with Crippen molar-refractivity contribution in [1.29, 1.82) is 0 Å². The summed E-state index contributed by atoms with van der Waals surface area (Å²) in [7, 11) is 0. The summed E-state index contributed by atoms with van der Waals surface area (Å²) in [6.07, 6.45) is 5.24. The lowest BCUT2D eigenvalue weighted by molar-refractivity contribution is -0.132. The van der Waals surface area contributed by atoms with Crippen LogP contribution in [0, 0.1) is 19.7 Å². The summed E-state index contributed by atoms with van der Waals surface area (Å²) in [6.45, 7) is 7.21. The number of aryl methyl sites for hydroxylation is 1. The molecular formula is C25H32FN3O2. The maximum absolute atomic E-state index is 13.0. The fourth-order valence-corrected chi connectivity index (χ4v) is 5.12. The third kappa shape index (κ3) is 4.90. The van der Waals surface area contributed by atoms with Gasteiger partial charge in [-0.05, 0) is 50.5 Å². The maximum Gasteiger partial charge on any atom is 0.227 e. The van der Waals surface area contributed by atoms with E-state index in [1.807, 2.05) is 4.90 Å². The van der Waals surface area contributed by atoms with E-state index in [0.717, 1.165) is 16.8 Å². The van der Waals surface area contributed by atoms with Gasteiger partial charge in [0.05, 0.1) is 13.0 Å². The van der Waals surface area contributed by atoms with Crippen LogP contribution in [-0.4, -0.2) is 58.8 Å². The lowest BCUT2D eigenvalue weighted by atomic mass is 10.1. The molecule has 5 nitrogen and oxygen atoms in total. The zero-order valence-corrected chi connectivity index (χ0v) is 18.6. The minimum Gasteiger partial charge on any atom is -0.345 e. The van der Waals surface area contributed by atoms with Crippen molar-refractivity contribution in [3.8, 4) is 0 Å². The first kappa shape index (κ1) is 21.8. The van der Waals surface area contributed by atoms with Crippen LogP contribution < -0.4 is 0 Å². The van der Waals surface area contributed by atoms with Crippen LogP contribution in [0.25, 0.3) is 0 Å². The van der Waals surface area contributed by atoms with Crippen LogP contribution in [0.2, 0.25) is 0 Å². The molecule has 0 unspecified atom stereocenters. The van der Waals surface area contributed by atoms with E-state index in [-0.39, 0.29) is 23.9 Å². The average molecular weight is 426 g/mol. The number of carbonyl (C=O) groups excluding carboxylic acids is 2. The zero-order chi connectivity index (χ0) is 22.0. The highest BCUT2D eigenvalue weighted by Gasteiger charge is 2.26. The number of piperazine rings is 1. The Morgan fingerprint density at radius 2 is 1.65 bits per heavy atom. The molecule has 0 N–H and O–H groups in total. The molecule has 6 heteroatoms. The van der Waals surface area contributed by atoms with Crippen molar-refractivity contribution < 1.29 is 14.0 Å². The Balaban J connectivity index is 1.30. The van der Waals surface area contributed by atoms with E-state index >= 15 is 0 Å². The summed E-state index contributed by atoms with van der Waals surface area (Å²) < 4.78 is 15.4. The van der Waals surface area contributed by atoms with Gasteiger partial charge in [0.15, 0.2) is 5.78 Å². The highest BCUT2D eigenvalue weighted by molar-refractivity contribution is 5.99. The maximum atomic E-state index is 13.0. The van der Waals surface area contributed by atoms with Gasteiger partial charge in [-0.15, -0.1) is 0 Å². The molecule has 1 aromatic carbocycles. The second-order valence-corrected chi connectivity index (χ2v) is 8.98. The van der Waals surface area contributed by atoms with Crippen molar-refractivity contribution in [3.05, 3.63) is 58.7 Å². The molecule has 1 aliphatic carbocycles. The minimum atomic E-state index is -0.293. The van der Waals surface area contributed by atoms with Gasteiger partial charge >= 0.3 is 0 Å². The second-order valence-electron chi connectivity index (χ2n) is 8.98. The van der Waals surface area contributed by atoms with Gasteiger partial charge in [-0.1, -0.05) is 25.0 Å². The summed E-state index contributed by atoms with van der Waals surface area (Å²) in [4.78, 5) is 29.6. The van der Waals surface area contributed by atoms with Crippen molar-refractivity contribution >= 4 is 11.7 Å². The first-order valence-corrected chi connectivity index (χ1v) is 11.4. The van der Waals surface area contributed by atoms with E-state index < -0.39 is 0 Å². The monoisotopic (exact) mass is 425 g/mol. The standard InChI is InChI=1S/C25H32FN3O2/c1-18-15-23(19(2)29(18)22-5-3-4-6-22)24(30)17-27-11-13-28(14-12-27)25(31)16-20-7-9-21(26)10-8-20/h7-10,15,22H,3-6,11-14,16-17H2,1-2H3. The molecule has 166 valence electrons. The van der Waals surface area contributed by atoms with Crippen LogP contribution in [0.4, 0.5) is 4.39 Å². The number of carbonyl (C=O) groups is 2. The predicted molar refractivity (Wildman–Crippen MR) is 119 cm³/mol. The Bertz CT molecular complexity index is 936. The van der Waals surface area contributed by atoms with Gasteiger partial charge in [0.25, 0.3) is 0 Å². The van der Waals surface area contributed by atoms with Crippen LogP contribution in [0.1, 0.15) is 59.0 Å². The van der Waals surface area contributed by atoms with Crippen LogP contribution in [0.15, 0.2) is 30.3 Å². The lowest BCUT2D eigenvalue weighted by Gasteiger charge is -2.34. The Morgan fingerprint density at radius 1 is 1.00 bits per heavy atom. The van der Waals surface area contributed by atoms with Gasteiger partial charge in [0, 0.05) is 49.2 Å². The molecular weight excluding hydrogens is 393 g/mol. The van der Waals surface area contributed by atoms with E-state index in [1.54, 1.807) is 12.1 Å². The molecule has 2 heterocycles. The van der Waals surface area contributed by atoms with Crippen molar-refractivity contribution in [2.24, 2.45) is 0 Å². The van der Waals surface area contributed by atoms with Gasteiger partial charge in [-0.25, -0.2) is 4.39 Å². The van der Waals surface area contributed by atoms with E-state index in [1.165, 1.54) is 43.5 Å². The highest BCUT2D eigenvalue weighted by Crippen LogP contribution is 2.33. The molecule has 2 aliphatic rings. The molecule has 4 rings (SSSR count). The topological polar surface area (TPSA) is 45.6 Å². The SMILES string of the molecule is Cc1cc(C(=O)CN2CCN(C(=O)Cc3ccc(F)cc3)CC2)c(C)n1C1CCCC1. The molecule has 0 radical (unpaired) electrons. The van der Waals surface area contributed by atoms with Gasteiger partial charge < -0.3 is 9.47 Å². The third-order valence-electron chi connectivity index (χ3n) is 6.84. The molecule has 0 atom stereocenters. The van der Waals surface area contributed by atoms with Crippen molar-refractivity contribution in [2.45, 2.75) is 52.0 Å². The van der Waals surface area contributed by atoms with Crippen LogP contribution in [-0.2, 0) is 11.2 Å². The van der Waals surface area contributed by atoms with E-state index in [9.17, 15) is 14.0 Å². The minimum absolute atomic E-state index is 0.0534. The first-order chi connectivity index (χ1) is 14.9. The van der Waals surface area contributed by atoms with Crippen molar-refractivity contribution in [1.82, 2.24) is 14.4 Å². The number of ketones is 1. The van der Waals surface area contributed by atoms with Crippen LogP contribution >= 0.6 is 0 Å². The number of rotatable bonds is 6. The largest absolute Gasteiger partial charge is 0.345 e. The summed E-state index contributed by atoms with van der Waals surface area (Å²) in [5, 5.41) is 0. The summed E-state index contributed by atoms with van der Waals surface area (Å²) in [5.41, 5.74) is 3.95. The number of hydrogen-bond acceptors (Lipinski definition) is 3. The summed E-state index contributed by atoms with van der Waals surface area (Å²) in [6, 6.07) is 8.68. The Morgan fingerprint density at radius 3 is 2.29 bits per heavy atom. The third-order valence-corrected chi connectivity index (χ3v) is 6.84. The van der Waals surface area contributed by atoms with E-state index in [4.69, 9.17) is 0 Å². The lowest BCUT2D eigenvalue weighted by Crippen LogP contribution is -2.50. The summed E-state index contributed by atoms with van der Waals surface area (Å²) in [5.74, 6) is -0.0698. The van der Waals surface area contributed by atoms with Gasteiger partial charge in [0.2, 0.25) is 5.91 Å². The number of aromatic nitrogens is 1. The Labute approximate surface area is 183 Å². The fraction of sp³-hybridized carbons (Fsp3) is 0.520. The number of amides is 1. The molecule has 1 aliphatic heterocycles. The summed E-state index contributed by atoms with van der Waals surface area (Å²) >= 11 is 0. The molecule has 1 amide bonds. The molecule has 1 aromatic heterocycles. The molecule has 0 spiro atoms. The average Bonchev–Trinajstić information content (AvgIpc) is 3.37. The number of benzene rings is 1.